The Morgan fingerprint density at radius 2 is 2.00 bits per heavy atom. The standard InChI is InChI=1S/C14H22N2O3/c1-11(14(17)16-15)13-6-4-12(5-7-13)10-19-9-3-8-18-2/h4-7,11H,3,8-10,15H2,1-2H3,(H,16,17). The largest absolute Gasteiger partial charge is 0.385 e. The molecule has 106 valence electrons. The van der Waals surface area contributed by atoms with E-state index < -0.39 is 0 Å². The molecular formula is C14H22N2O3. The lowest BCUT2D eigenvalue weighted by molar-refractivity contribution is -0.122. The monoisotopic (exact) mass is 266 g/mol. The predicted molar refractivity (Wildman–Crippen MR) is 73.3 cm³/mol. The molecule has 0 aliphatic carbocycles. The third-order valence-electron chi connectivity index (χ3n) is 2.92. The Balaban J connectivity index is 2.41. The van der Waals surface area contributed by atoms with E-state index in [1.807, 2.05) is 31.2 Å². The fourth-order valence-corrected chi connectivity index (χ4v) is 1.67. The molecule has 0 heterocycles. The Morgan fingerprint density at radius 3 is 2.58 bits per heavy atom. The molecule has 3 N–H and O–H groups in total. The highest BCUT2D eigenvalue weighted by Crippen LogP contribution is 2.16. The van der Waals surface area contributed by atoms with Crippen molar-refractivity contribution in [1.29, 1.82) is 0 Å². The SMILES string of the molecule is COCCCOCc1ccc(C(C)C(=O)NN)cc1. The molecule has 1 atom stereocenters. The molecule has 1 aromatic rings. The van der Waals surface area contributed by atoms with Gasteiger partial charge < -0.3 is 9.47 Å². The first kappa shape index (κ1) is 15.6. The summed E-state index contributed by atoms with van der Waals surface area (Å²) in [4.78, 5) is 11.4. The van der Waals surface area contributed by atoms with Crippen LogP contribution in [0.5, 0.6) is 0 Å². The van der Waals surface area contributed by atoms with Crippen molar-refractivity contribution in [1.82, 2.24) is 5.43 Å². The third-order valence-corrected chi connectivity index (χ3v) is 2.92. The van der Waals surface area contributed by atoms with Gasteiger partial charge in [-0.1, -0.05) is 24.3 Å². The highest BCUT2D eigenvalue weighted by atomic mass is 16.5. The predicted octanol–water partition coefficient (Wildman–Crippen LogP) is 1.33. The average Bonchev–Trinajstić information content (AvgIpc) is 2.46. The number of nitrogens with two attached hydrogens (primary N) is 1. The quantitative estimate of drug-likeness (QED) is 0.322. The van der Waals surface area contributed by atoms with Crippen molar-refractivity contribution in [3.8, 4) is 0 Å². The summed E-state index contributed by atoms with van der Waals surface area (Å²) < 4.78 is 10.5. The molecule has 0 bridgehead atoms. The van der Waals surface area contributed by atoms with E-state index in [1.165, 1.54) is 0 Å². The van der Waals surface area contributed by atoms with Gasteiger partial charge in [0.1, 0.15) is 0 Å². The van der Waals surface area contributed by atoms with Crippen LogP contribution in [-0.4, -0.2) is 26.2 Å². The first-order valence-corrected chi connectivity index (χ1v) is 6.35. The lowest BCUT2D eigenvalue weighted by Gasteiger charge is -2.11. The molecule has 0 saturated carbocycles. The number of benzene rings is 1. The van der Waals surface area contributed by atoms with Crippen molar-refractivity contribution >= 4 is 5.91 Å². The lowest BCUT2D eigenvalue weighted by atomic mass is 9.99. The maximum atomic E-state index is 11.4. The number of amides is 1. The van der Waals surface area contributed by atoms with E-state index >= 15 is 0 Å². The Kier molecular flexibility index (Phi) is 7.10. The number of nitrogens with one attached hydrogen (secondary N) is 1. The Morgan fingerprint density at radius 1 is 1.32 bits per heavy atom. The number of methoxy groups -OCH3 is 1. The fraction of sp³-hybridized carbons (Fsp3) is 0.500. The normalized spacial score (nSPS) is 12.2. The molecule has 0 aliphatic heterocycles. The highest BCUT2D eigenvalue weighted by molar-refractivity contribution is 5.82. The summed E-state index contributed by atoms with van der Waals surface area (Å²) in [7, 11) is 1.68. The van der Waals surface area contributed by atoms with Gasteiger partial charge in [0.05, 0.1) is 12.5 Å². The maximum absolute atomic E-state index is 11.4. The third kappa shape index (κ3) is 5.38. The molecular weight excluding hydrogens is 244 g/mol. The molecule has 19 heavy (non-hydrogen) atoms. The van der Waals surface area contributed by atoms with Gasteiger partial charge in [-0.25, -0.2) is 5.84 Å². The van der Waals surface area contributed by atoms with Crippen molar-refractivity contribution < 1.29 is 14.3 Å². The van der Waals surface area contributed by atoms with Crippen molar-refractivity contribution in [3.63, 3.8) is 0 Å². The van der Waals surface area contributed by atoms with Crippen LogP contribution < -0.4 is 11.3 Å². The molecule has 1 rings (SSSR count). The van der Waals surface area contributed by atoms with Crippen LogP contribution in [-0.2, 0) is 20.9 Å². The molecule has 0 fully saturated rings. The van der Waals surface area contributed by atoms with Gasteiger partial charge in [0.15, 0.2) is 0 Å². The second-order valence-electron chi connectivity index (χ2n) is 4.37. The van der Waals surface area contributed by atoms with Crippen molar-refractivity contribution in [3.05, 3.63) is 35.4 Å². The second kappa shape index (κ2) is 8.63. The maximum Gasteiger partial charge on any atom is 0.241 e. The molecule has 0 aliphatic rings. The van der Waals surface area contributed by atoms with Crippen LogP contribution in [0, 0.1) is 0 Å². The molecule has 0 saturated heterocycles. The fourth-order valence-electron chi connectivity index (χ4n) is 1.67. The summed E-state index contributed by atoms with van der Waals surface area (Å²) in [5.41, 5.74) is 4.18. The van der Waals surface area contributed by atoms with E-state index in [-0.39, 0.29) is 11.8 Å². The van der Waals surface area contributed by atoms with E-state index in [2.05, 4.69) is 5.43 Å². The van der Waals surface area contributed by atoms with Gasteiger partial charge >= 0.3 is 0 Å². The Hall–Kier alpha value is -1.43. The highest BCUT2D eigenvalue weighted by Gasteiger charge is 2.13. The van der Waals surface area contributed by atoms with E-state index in [4.69, 9.17) is 15.3 Å². The molecule has 5 nitrogen and oxygen atoms in total. The van der Waals surface area contributed by atoms with Gasteiger partial charge in [0.25, 0.3) is 0 Å². The van der Waals surface area contributed by atoms with E-state index in [1.54, 1.807) is 7.11 Å². The minimum Gasteiger partial charge on any atom is -0.385 e. The summed E-state index contributed by atoms with van der Waals surface area (Å²) in [6.45, 7) is 3.78. The number of carbonyl (C=O) groups is 1. The van der Waals surface area contributed by atoms with Gasteiger partial charge in [-0.3, -0.25) is 10.2 Å². The zero-order valence-electron chi connectivity index (χ0n) is 11.5. The zero-order valence-corrected chi connectivity index (χ0v) is 11.5. The number of ether oxygens (including phenoxy) is 2. The lowest BCUT2D eigenvalue weighted by Crippen LogP contribution is -2.33. The van der Waals surface area contributed by atoms with Crippen LogP contribution in [0.25, 0.3) is 0 Å². The smallest absolute Gasteiger partial charge is 0.241 e. The summed E-state index contributed by atoms with van der Waals surface area (Å²) in [5, 5.41) is 0. The molecule has 0 radical (unpaired) electrons. The Bertz CT molecular complexity index is 379. The number of hydrogen-bond acceptors (Lipinski definition) is 4. The number of hydrogen-bond donors (Lipinski definition) is 2. The number of carbonyl (C=O) groups excluding carboxylic acids is 1. The van der Waals surface area contributed by atoms with E-state index in [0.717, 1.165) is 17.5 Å². The first-order valence-electron chi connectivity index (χ1n) is 6.35. The van der Waals surface area contributed by atoms with Crippen LogP contribution in [0.3, 0.4) is 0 Å². The molecule has 1 amide bonds. The minimum atomic E-state index is -0.248. The van der Waals surface area contributed by atoms with Gasteiger partial charge in [-0.05, 0) is 24.5 Å². The average molecular weight is 266 g/mol. The zero-order chi connectivity index (χ0) is 14.1. The summed E-state index contributed by atoms with van der Waals surface area (Å²) in [6, 6.07) is 7.78. The number of hydrazine groups is 1. The summed E-state index contributed by atoms with van der Waals surface area (Å²) >= 11 is 0. The van der Waals surface area contributed by atoms with Gasteiger partial charge in [0, 0.05) is 20.3 Å². The summed E-state index contributed by atoms with van der Waals surface area (Å²) in [5.74, 6) is 4.68. The molecule has 0 aromatic heterocycles. The van der Waals surface area contributed by atoms with Crippen LogP contribution in [0.2, 0.25) is 0 Å². The van der Waals surface area contributed by atoms with Crippen LogP contribution in [0.15, 0.2) is 24.3 Å². The molecule has 5 heteroatoms. The molecule has 1 aromatic carbocycles. The van der Waals surface area contributed by atoms with E-state index in [0.29, 0.717) is 19.8 Å². The minimum absolute atomic E-state index is 0.191. The molecule has 1 unspecified atom stereocenters. The van der Waals surface area contributed by atoms with Crippen LogP contribution in [0.4, 0.5) is 0 Å². The summed E-state index contributed by atoms with van der Waals surface area (Å²) in [6.07, 6.45) is 0.891. The topological polar surface area (TPSA) is 73.6 Å². The van der Waals surface area contributed by atoms with Crippen LogP contribution in [0.1, 0.15) is 30.4 Å². The van der Waals surface area contributed by atoms with Gasteiger partial charge in [-0.2, -0.15) is 0 Å². The number of rotatable bonds is 8. The first-order chi connectivity index (χ1) is 9.19. The van der Waals surface area contributed by atoms with Crippen molar-refractivity contribution in [2.75, 3.05) is 20.3 Å². The second-order valence-corrected chi connectivity index (χ2v) is 4.37. The van der Waals surface area contributed by atoms with Crippen molar-refractivity contribution in [2.45, 2.75) is 25.9 Å². The van der Waals surface area contributed by atoms with Gasteiger partial charge in [0.2, 0.25) is 5.91 Å². The molecule has 0 spiro atoms. The van der Waals surface area contributed by atoms with Gasteiger partial charge in [-0.15, -0.1) is 0 Å². The Labute approximate surface area is 114 Å². The van der Waals surface area contributed by atoms with E-state index in [9.17, 15) is 4.79 Å². The van der Waals surface area contributed by atoms with Crippen LogP contribution >= 0.6 is 0 Å². The van der Waals surface area contributed by atoms with Crippen molar-refractivity contribution in [2.24, 2.45) is 5.84 Å².